The fourth-order valence-corrected chi connectivity index (χ4v) is 10.6. The SMILES string of the molecule is CN(CCC1CCN(C[C@H]2CC[C@H](c3nc4cc(C(C)(C)O)c(NC(=O)c5cccc(C(F)(F)F)n5)cc4s3)CC2)CC1)c1cccc2c1C(=O)N(C1CCC(=O)NC1)C2=O. The van der Waals surface area contributed by atoms with Crippen LogP contribution in [0.3, 0.4) is 0 Å². The molecule has 1 atom stereocenters. The van der Waals surface area contributed by atoms with E-state index in [1.54, 1.807) is 43.4 Å². The lowest BCUT2D eigenvalue weighted by atomic mass is 9.81. The summed E-state index contributed by atoms with van der Waals surface area (Å²) in [6.45, 7) is 7.43. The number of nitrogens with zero attached hydrogens (tertiary/aromatic N) is 5. The van der Waals surface area contributed by atoms with E-state index in [1.807, 2.05) is 19.2 Å². The van der Waals surface area contributed by atoms with Crippen molar-refractivity contribution in [1.29, 1.82) is 0 Å². The molecule has 1 unspecified atom stereocenters. The van der Waals surface area contributed by atoms with Gasteiger partial charge in [-0.3, -0.25) is 24.1 Å². The molecule has 2 aromatic carbocycles. The average Bonchev–Trinajstić information content (AvgIpc) is 3.77. The van der Waals surface area contributed by atoms with E-state index in [0.29, 0.717) is 58.5 Å². The highest BCUT2D eigenvalue weighted by Crippen LogP contribution is 2.42. The van der Waals surface area contributed by atoms with Gasteiger partial charge in [0.15, 0.2) is 0 Å². The quantitative estimate of drug-likeness (QED) is 0.130. The second kappa shape index (κ2) is 17.1. The van der Waals surface area contributed by atoms with Crippen molar-refractivity contribution in [2.75, 3.05) is 50.0 Å². The number of hydrogen-bond acceptors (Lipinski definition) is 10. The number of fused-ring (bicyclic) bond motifs is 2. The van der Waals surface area contributed by atoms with Crippen molar-refractivity contribution in [3.8, 4) is 0 Å². The summed E-state index contributed by atoms with van der Waals surface area (Å²) in [6, 6.07) is 11.8. The van der Waals surface area contributed by atoms with Crippen LogP contribution in [-0.4, -0.2) is 94.3 Å². The number of piperidine rings is 2. The Balaban J connectivity index is 0.820. The van der Waals surface area contributed by atoms with Crippen LogP contribution >= 0.6 is 11.3 Å². The number of carbonyl (C=O) groups excluding carboxylic acids is 4. The molecule has 4 amide bonds. The van der Waals surface area contributed by atoms with Gasteiger partial charge in [-0.15, -0.1) is 11.3 Å². The predicted molar refractivity (Wildman–Crippen MR) is 227 cm³/mol. The van der Waals surface area contributed by atoms with Gasteiger partial charge in [0.1, 0.15) is 11.4 Å². The molecule has 1 aliphatic carbocycles. The lowest BCUT2D eigenvalue weighted by molar-refractivity contribution is -0.141. The Hall–Kier alpha value is -4.93. The summed E-state index contributed by atoms with van der Waals surface area (Å²) in [7, 11) is 1.99. The number of hydrogen-bond donors (Lipinski definition) is 3. The summed E-state index contributed by atoms with van der Waals surface area (Å²) in [5, 5.41) is 17.5. The Kier molecular flexibility index (Phi) is 12.0. The molecule has 2 saturated heterocycles. The maximum Gasteiger partial charge on any atom is 0.433 e. The molecule has 4 aromatic rings. The lowest BCUT2D eigenvalue weighted by Crippen LogP contribution is -2.50. The third-order valence-corrected chi connectivity index (χ3v) is 14.1. The van der Waals surface area contributed by atoms with Crippen molar-refractivity contribution in [2.45, 2.75) is 95.4 Å². The zero-order valence-corrected chi connectivity index (χ0v) is 35.5. The molecule has 2 aromatic heterocycles. The smallest absolute Gasteiger partial charge is 0.386 e. The van der Waals surface area contributed by atoms with Crippen LogP contribution in [0.2, 0.25) is 0 Å². The number of benzene rings is 2. The zero-order chi connectivity index (χ0) is 43.2. The maximum atomic E-state index is 13.6. The Labute approximate surface area is 356 Å². The minimum Gasteiger partial charge on any atom is -0.386 e. The highest BCUT2D eigenvalue weighted by atomic mass is 32.1. The molecule has 0 radical (unpaired) electrons. The van der Waals surface area contributed by atoms with Crippen LogP contribution in [0.25, 0.3) is 10.2 Å². The van der Waals surface area contributed by atoms with Gasteiger partial charge < -0.3 is 25.5 Å². The van der Waals surface area contributed by atoms with Gasteiger partial charge in [0.05, 0.1) is 43.7 Å². The Morgan fingerprint density at radius 3 is 2.38 bits per heavy atom. The molecule has 324 valence electrons. The van der Waals surface area contributed by atoms with E-state index in [4.69, 9.17) is 4.98 Å². The van der Waals surface area contributed by atoms with Crippen molar-refractivity contribution in [3.63, 3.8) is 0 Å². The van der Waals surface area contributed by atoms with Crippen LogP contribution in [-0.2, 0) is 16.6 Å². The van der Waals surface area contributed by atoms with E-state index >= 15 is 0 Å². The third-order valence-electron chi connectivity index (χ3n) is 13.0. The van der Waals surface area contributed by atoms with Crippen molar-refractivity contribution in [1.82, 2.24) is 25.1 Å². The number of halogens is 3. The number of aliphatic hydroxyl groups is 1. The van der Waals surface area contributed by atoms with Crippen LogP contribution in [0.5, 0.6) is 0 Å². The van der Waals surface area contributed by atoms with E-state index in [2.05, 4.69) is 25.4 Å². The fraction of sp³-hybridized carbons (Fsp3) is 0.511. The summed E-state index contributed by atoms with van der Waals surface area (Å²) in [5.74, 6) is 0.0616. The van der Waals surface area contributed by atoms with E-state index in [9.17, 15) is 37.5 Å². The molecular formula is C45H52F3N7O5S. The number of likely N-dealkylation sites (tertiary alicyclic amines) is 1. The molecule has 12 nitrogen and oxygen atoms in total. The molecule has 3 fully saturated rings. The molecule has 0 spiro atoms. The highest BCUT2D eigenvalue weighted by molar-refractivity contribution is 7.18. The number of alkyl halides is 3. The average molecular weight is 860 g/mol. The molecule has 0 bridgehead atoms. The first-order chi connectivity index (χ1) is 29.0. The fourth-order valence-electron chi connectivity index (χ4n) is 9.47. The zero-order valence-electron chi connectivity index (χ0n) is 34.7. The predicted octanol–water partition coefficient (Wildman–Crippen LogP) is 7.58. The second-order valence-electron chi connectivity index (χ2n) is 17.7. The van der Waals surface area contributed by atoms with Gasteiger partial charge >= 0.3 is 6.18 Å². The molecule has 3 N–H and O–H groups in total. The van der Waals surface area contributed by atoms with Crippen molar-refractivity contribution >= 4 is 56.6 Å². The Morgan fingerprint density at radius 1 is 0.951 bits per heavy atom. The van der Waals surface area contributed by atoms with Gasteiger partial charge in [0, 0.05) is 50.3 Å². The van der Waals surface area contributed by atoms with Crippen LogP contribution < -0.4 is 15.5 Å². The van der Waals surface area contributed by atoms with Gasteiger partial charge in [-0.1, -0.05) is 12.1 Å². The van der Waals surface area contributed by atoms with Gasteiger partial charge in [0.25, 0.3) is 17.7 Å². The number of thiazole rings is 1. The van der Waals surface area contributed by atoms with E-state index in [1.165, 1.54) is 11.0 Å². The summed E-state index contributed by atoms with van der Waals surface area (Å²) in [6.07, 6.45) is 3.56. The van der Waals surface area contributed by atoms with E-state index < -0.39 is 23.4 Å². The summed E-state index contributed by atoms with van der Waals surface area (Å²) in [4.78, 5) is 66.3. The first-order valence-electron chi connectivity index (χ1n) is 21.3. The summed E-state index contributed by atoms with van der Waals surface area (Å²) < 4.78 is 40.6. The normalized spacial score (nSPS) is 21.8. The van der Waals surface area contributed by atoms with Gasteiger partial charge in [-0.2, -0.15) is 13.2 Å². The number of rotatable bonds is 11. The molecule has 1 saturated carbocycles. The van der Waals surface area contributed by atoms with Crippen LogP contribution in [0, 0.1) is 11.8 Å². The second-order valence-corrected chi connectivity index (χ2v) is 18.7. The van der Waals surface area contributed by atoms with Crippen LogP contribution in [0.1, 0.15) is 125 Å². The Bertz CT molecular complexity index is 2320. The van der Waals surface area contributed by atoms with Crippen molar-refractivity contribution < 1.29 is 37.5 Å². The number of anilines is 2. The molecule has 5 heterocycles. The molecular weight excluding hydrogens is 808 g/mol. The number of imide groups is 1. The van der Waals surface area contributed by atoms with Gasteiger partial charge in [0.2, 0.25) is 5.91 Å². The highest BCUT2D eigenvalue weighted by Gasteiger charge is 2.43. The number of amides is 4. The van der Waals surface area contributed by atoms with Crippen molar-refractivity contribution in [2.24, 2.45) is 11.8 Å². The monoisotopic (exact) mass is 859 g/mol. The van der Waals surface area contributed by atoms with E-state index in [-0.39, 0.29) is 36.0 Å². The van der Waals surface area contributed by atoms with Gasteiger partial charge in [-0.25, -0.2) is 9.97 Å². The topological polar surface area (TPSA) is 148 Å². The summed E-state index contributed by atoms with van der Waals surface area (Å²) in [5.41, 5.74) is 0.197. The minimum atomic E-state index is -4.69. The largest absolute Gasteiger partial charge is 0.433 e. The lowest BCUT2D eigenvalue weighted by Gasteiger charge is -2.37. The third kappa shape index (κ3) is 9.17. The number of nitrogens with one attached hydrogen (secondary N) is 2. The number of pyridine rings is 1. The minimum absolute atomic E-state index is 0.0546. The van der Waals surface area contributed by atoms with Crippen LogP contribution in [0.4, 0.5) is 24.5 Å². The van der Waals surface area contributed by atoms with E-state index in [0.717, 1.165) is 98.7 Å². The van der Waals surface area contributed by atoms with Crippen LogP contribution in [0.15, 0.2) is 48.5 Å². The molecule has 3 aliphatic heterocycles. The number of carbonyl (C=O) groups is 4. The first kappa shape index (κ1) is 42.7. The molecule has 61 heavy (non-hydrogen) atoms. The first-order valence-corrected chi connectivity index (χ1v) is 22.1. The molecule has 8 rings (SSSR count). The molecule has 16 heteroatoms. The number of aromatic nitrogens is 2. The molecule has 4 aliphatic rings. The standard InChI is InChI=1S/C45H52F3N7O5S/c1-44(2,60)31-22-34-36(23-33(31)51-40(57)32-7-5-9-37(50-32)45(46,47)48)61-41(52-34)28-12-10-27(11-13-28)25-54-20-17-26(18-21-54)16-19-53(3)35-8-4-6-30-39(35)43(59)55(42(30)58)29-14-15-38(56)49-24-29/h4-9,22-23,26-29,60H,10-21,24-25H2,1-3H3,(H,49,56)(H,51,57)/t27-,28-,29?. The van der Waals surface area contributed by atoms with Crippen molar-refractivity contribution in [3.05, 3.63) is 81.6 Å². The summed E-state index contributed by atoms with van der Waals surface area (Å²) >= 11 is 1.55. The Morgan fingerprint density at radius 2 is 1.69 bits per heavy atom. The maximum absolute atomic E-state index is 13.6. The van der Waals surface area contributed by atoms with Gasteiger partial charge in [-0.05, 0) is 127 Å².